The lowest BCUT2D eigenvalue weighted by molar-refractivity contribution is -0.385. The van der Waals surface area contributed by atoms with E-state index in [1.165, 1.54) is 18.2 Å². The molecule has 8 nitrogen and oxygen atoms in total. The van der Waals surface area contributed by atoms with E-state index in [-0.39, 0.29) is 24.2 Å². The number of hydrogen-bond donors (Lipinski definition) is 1. The highest BCUT2D eigenvalue weighted by Crippen LogP contribution is 2.19. The Morgan fingerprint density at radius 1 is 1.17 bits per heavy atom. The van der Waals surface area contributed by atoms with Crippen LogP contribution in [-0.4, -0.2) is 47.4 Å². The zero-order valence-corrected chi connectivity index (χ0v) is 16.9. The number of nitro benzene ring substituents is 1. The van der Waals surface area contributed by atoms with Crippen molar-refractivity contribution in [2.45, 2.75) is 32.5 Å². The number of amides is 2. The van der Waals surface area contributed by atoms with Crippen LogP contribution in [0.1, 0.15) is 34.3 Å². The maximum absolute atomic E-state index is 12.4. The van der Waals surface area contributed by atoms with Crippen molar-refractivity contribution in [3.05, 3.63) is 75.3 Å². The first kappa shape index (κ1) is 21.4. The van der Waals surface area contributed by atoms with Crippen molar-refractivity contribution in [2.75, 3.05) is 19.6 Å². The Hall–Kier alpha value is -3.26. The summed E-state index contributed by atoms with van der Waals surface area (Å²) >= 11 is 0. The monoisotopic (exact) mass is 411 g/mol. The molecule has 0 bridgehead atoms. The third-order valence-electron chi connectivity index (χ3n) is 5.18. The van der Waals surface area contributed by atoms with Gasteiger partial charge in [0.2, 0.25) is 5.91 Å². The van der Waals surface area contributed by atoms with Gasteiger partial charge in [0.05, 0.1) is 24.2 Å². The van der Waals surface area contributed by atoms with Gasteiger partial charge in [-0.15, -0.1) is 0 Å². The molecule has 0 atom stereocenters. The summed E-state index contributed by atoms with van der Waals surface area (Å²) in [4.78, 5) is 36.8. The van der Waals surface area contributed by atoms with Crippen LogP contribution in [0.2, 0.25) is 0 Å². The van der Waals surface area contributed by atoms with Crippen LogP contribution in [0.15, 0.2) is 48.5 Å². The number of aryl methyl sites for hydroxylation is 1. The van der Waals surface area contributed by atoms with Gasteiger partial charge in [-0.05, 0) is 37.5 Å². The van der Waals surface area contributed by atoms with E-state index in [1.54, 1.807) is 11.8 Å². The fourth-order valence-electron chi connectivity index (χ4n) is 3.43. The van der Waals surface area contributed by atoms with Crippen LogP contribution < -0.4 is 5.32 Å². The van der Waals surface area contributed by atoms with Crippen LogP contribution in [0.3, 0.4) is 0 Å². The van der Waals surface area contributed by atoms with Crippen LogP contribution in [0.25, 0.3) is 0 Å². The molecule has 0 saturated carbocycles. The number of rotatable bonds is 7. The van der Waals surface area contributed by atoms with Gasteiger partial charge in [0.25, 0.3) is 11.6 Å². The molecule has 3 rings (SSSR count). The zero-order valence-electron chi connectivity index (χ0n) is 16.9. The molecule has 8 heteroatoms. The lowest BCUT2D eigenvalue weighted by Crippen LogP contribution is -2.45. The highest BCUT2D eigenvalue weighted by molar-refractivity contribution is 5.96. The molecule has 2 aromatic carbocycles. The second-order valence-corrected chi connectivity index (χ2v) is 7.32. The summed E-state index contributed by atoms with van der Waals surface area (Å²) in [6.45, 7) is 3.20. The number of nitro groups is 1. The molecule has 0 aromatic heterocycles. The molecule has 1 aliphatic heterocycles. The van der Waals surface area contributed by atoms with E-state index in [2.05, 4.69) is 5.32 Å². The maximum Gasteiger partial charge on any atom is 0.272 e. The largest absolute Gasteiger partial charge is 0.373 e. The summed E-state index contributed by atoms with van der Waals surface area (Å²) in [5.74, 6) is -0.578. The minimum atomic E-state index is -0.492. The highest BCUT2D eigenvalue weighted by atomic mass is 16.6. The van der Waals surface area contributed by atoms with Crippen molar-refractivity contribution >= 4 is 17.5 Å². The Morgan fingerprint density at radius 2 is 1.87 bits per heavy atom. The molecule has 30 heavy (non-hydrogen) atoms. The Morgan fingerprint density at radius 3 is 2.50 bits per heavy atom. The van der Waals surface area contributed by atoms with Gasteiger partial charge in [0.1, 0.15) is 0 Å². The predicted octanol–water partition coefficient (Wildman–Crippen LogP) is 2.84. The van der Waals surface area contributed by atoms with Gasteiger partial charge in [0.15, 0.2) is 0 Å². The first-order valence-electron chi connectivity index (χ1n) is 9.90. The lowest BCUT2D eigenvalue weighted by atomic mass is 10.1. The number of nitrogens with zero attached hydrogens (tertiary/aromatic N) is 2. The summed E-state index contributed by atoms with van der Waals surface area (Å²) < 4.78 is 5.94. The van der Waals surface area contributed by atoms with Gasteiger partial charge in [-0.3, -0.25) is 19.7 Å². The van der Waals surface area contributed by atoms with E-state index in [4.69, 9.17) is 4.74 Å². The Bertz CT molecular complexity index is 908. The molecular formula is C22H25N3O5. The number of likely N-dealkylation sites (tertiary alicyclic amines) is 1. The van der Waals surface area contributed by atoms with E-state index < -0.39 is 10.8 Å². The summed E-state index contributed by atoms with van der Waals surface area (Å²) in [7, 11) is 0. The van der Waals surface area contributed by atoms with Crippen molar-refractivity contribution < 1.29 is 19.2 Å². The van der Waals surface area contributed by atoms with Crippen LogP contribution in [-0.2, 0) is 16.1 Å². The van der Waals surface area contributed by atoms with Crippen molar-refractivity contribution in [1.82, 2.24) is 10.2 Å². The van der Waals surface area contributed by atoms with Crippen molar-refractivity contribution in [3.63, 3.8) is 0 Å². The highest BCUT2D eigenvalue weighted by Gasteiger charge is 2.23. The minimum Gasteiger partial charge on any atom is -0.373 e. The molecule has 2 aromatic rings. The topological polar surface area (TPSA) is 102 Å². The van der Waals surface area contributed by atoms with Gasteiger partial charge < -0.3 is 15.0 Å². The summed E-state index contributed by atoms with van der Waals surface area (Å²) in [5.41, 5.74) is 1.77. The smallest absolute Gasteiger partial charge is 0.272 e. The fourth-order valence-corrected chi connectivity index (χ4v) is 3.43. The number of carbonyl (C=O) groups excluding carboxylic acids is 2. The van der Waals surface area contributed by atoms with Crippen LogP contribution in [0.4, 0.5) is 5.69 Å². The minimum absolute atomic E-state index is 0.0417. The summed E-state index contributed by atoms with van der Waals surface area (Å²) in [6.07, 6.45) is 1.63. The average Bonchev–Trinajstić information content (AvgIpc) is 2.76. The molecule has 1 N–H and O–H groups in total. The standard InChI is InChI=1S/C22H25N3O5/c1-16-13-18(7-8-20(16)25(28)29)22(27)23-14-21(26)24-11-9-19(10-12-24)30-15-17-5-3-2-4-6-17/h2-8,13,19H,9-12,14-15H2,1H3,(H,23,27). The summed E-state index contributed by atoms with van der Waals surface area (Å²) in [5, 5.41) is 13.5. The second-order valence-electron chi connectivity index (χ2n) is 7.32. The van der Waals surface area contributed by atoms with Gasteiger partial charge in [0, 0.05) is 30.3 Å². The molecule has 0 unspecified atom stereocenters. The molecule has 1 heterocycles. The molecule has 0 aliphatic carbocycles. The average molecular weight is 411 g/mol. The van der Waals surface area contributed by atoms with E-state index in [9.17, 15) is 19.7 Å². The Balaban J connectivity index is 1.42. The molecule has 0 spiro atoms. The zero-order chi connectivity index (χ0) is 21.5. The SMILES string of the molecule is Cc1cc(C(=O)NCC(=O)N2CCC(OCc3ccccc3)CC2)ccc1[N+](=O)[O-]. The van der Waals surface area contributed by atoms with Gasteiger partial charge in [-0.2, -0.15) is 0 Å². The van der Waals surface area contributed by atoms with Gasteiger partial charge in [-0.1, -0.05) is 30.3 Å². The van der Waals surface area contributed by atoms with Crippen molar-refractivity contribution in [1.29, 1.82) is 0 Å². The number of ether oxygens (including phenoxy) is 1. The molecule has 1 fully saturated rings. The maximum atomic E-state index is 12.4. The molecule has 1 aliphatic rings. The van der Waals surface area contributed by atoms with E-state index in [0.717, 1.165) is 18.4 Å². The first-order chi connectivity index (χ1) is 14.4. The van der Waals surface area contributed by atoms with Crippen LogP contribution in [0.5, 0.6) is 0 Å². The molecule has 2 amide bonds. The third-order valence-corrected chi connectivity index (χ3v) is 5.18. The molecular weight excluding hydrogens is 386 g/mol. The quantitative estimate of drug-likeness (QED) is 0.558. The third kappa shape index (κ3) is 5.64. The summed E-state index contributed by atoms with van der Waals surface area (Å²) in [6, 6.07) is 14.1. The van der Waals surface area contributed by atoms with E-state index in [1.807, 2.05) is 30.3 Å². The molecule has 0 radical (unpaired) electrons. The predicted molar refractivity (Wildman–Crippen MR) is 111 cm³/mol. The Labute approximate surface area is 175 Å². The van der Waals surface area contributed by atoms with Crippen molar-refractivity contribution in [3.8, 4) is 0 Å². The van der Waals surface area contributed by atoms with E-state index >= 15 is 0 Å². The first-order valence-corrected chi connectivity index (χ1v) is 9.90. The van der Waals surface area contributed by atoms with Gasteiger partial charge in [-0.25, -0.2) is 0 Å². The number of hydrogen-bond acceptors (Lipinski definition) is 5. The number of carbonyl (C=O) groups is 2. The second kappa shape index (κ2) is 9.98. The van der Waals surface area contributed by atoms with E-state index in [0.29, 0.717) is 30.8 Å². The van der Waals surface area contributed by atoms with Crippen LogP contribution in [0, 0.1) is 17.0 Å². The fraction of sp³-hybridized carbons (Fsp3) is 0.364. The van der Waals surface area contributed by atoms with Gasteiger partial charge >= 0.3 is 0 Å². The normalized spacial score (nSPS) is 14.4. The van der Waals surface area contributed by atoms with Crippen LogP contribution >= 0.6 is 0 Å². The lowest BCUT2D eigenvalue weighted by Gasteiger charge is -2.32. The Kier molecular flexibility index (Phi) is 7.13. The number of benzene rings is 2. The molecule has 1 saturated heterocycles. The molecule has 158 valence electrons. The number of piperidine rings is 1. The van der Waals surface area contributed by atoms with Crippen molar-refractivity contribution in [2.24, 2.45) is 0 Å². The number of nitrogens with one attached hydrogen (secondary N) is 1.